The van der Waals surface area contributed by atoms with Crippen molar-refractivity contribution < 1.29 is 0 Å². The fraction of sp³-hybridized carbons (Fsp3) is 0.667. The third-order valence-electron chi connectivity index (χ3n) is 3.26. The maximum atomic E-state index is 4.40. The van der Waals surface area contributed by atoms with Crippen molar-refractivity contribution in [2.75, 3.05) is 18.1 Å². The van der Waals surface area contributed by atoms with Crippen LogP contribution in [0.1, 0.15) is 30.8 Å². The lowest BCUT2D eigenvalue weighted by atomic mass is 9.84. The molecule has 1 aromatic heterocycles. The van der Waals surface area contributed by atoms with Crippen LogP contribution in [-0.2, 0) is 0 Å². The molecule has 3 nitrogen and oxygen atoms in total. The topological polar surface area (TPSA) is 37.8 Å². The van der Waals surface area contributed by atoms with Crippen molar-refractivity contribution >= 4 is 17.6 Å². The first-order valence-electron chi connectivity index (χ1n) is 5.75. The first kappa shape index (κ1) is 11.7. The standard InChI is InChI=1S/C12H19N3S/c1-9-7-11(15-10(2)14-9)13-8-12(16-3)5-4-6-12/h7H,4-6,8H2,1-3H3,(H,13,14,15). The van der Waals surface area contributed by atoms with Crippen LogP contribution in [0.3, 0.4) is 0 Å². The van der Waals surface area contributed by atoms with Gasteiger partial charge in [-0.3, -0.25) is 0 Å². The van der Waals surface area contributed by atoms with Gasteiger partial charge in [0.25, 0.3) is 0 Å². The number of hydrogen-bond donors (Lipinski definition) is 1. The fourth-order valence-corrected chi connectivity index (χ4v) is 3.00. The van der Waals surface area contributed by atoms with Gasteiger partial charge in [0.15, 0.2) is 0 Å². The lowest BCUT2D eigenvalue weighted by Gasteiger charge is -2.40. The molecule has 1 saturated carbocycles. The summed E-state index contributed by atoms with van der Waals surface area (Å²) in [7, 11) is 0. The highest BCUT2D eigenvalue weighted by Crippen LogP contribution is 2.42. The highest BCUT2D eigenvalue weighted by atomic mass is 32.2. The molecule has 1 aromatic rings. The van der Waals surface area contributed by atoms with E-state index in [9.17, 15) is 0 Å². The lowest BCUT2D eigenvalue weighted by molar-refractivity contribution is 0.379. The van der Waals surface area contributed by atoms with Gasteiger partial charge in [-0.05, 0) is 32.9 Å². The minimum Gasteiger partial charge on any atom is -0.369 e. The van der Waals surface area contributed by atoms with E-state index in [1.165, 1.54) is 19.3 Å². The average molecular weight is 237 g/mol. The molecule has 0 bridgehead atoms. The first-order chi connectivity index (χ1) is 7.63. The Hall–Kier alpha value is -0.770. The highest BCUT2D eigenvalue weighted by molar-refractivity contribution is 8.00. The highest BCUT2D eigenvalue weighted by Gasteiger charge is 2.35. The molecule has 0 amide bonds. The third-order valence-corrected chi connectivity index (χ3v) is 4.67. The van der Waals surface area contributed by atoms with Gasteiger partial charge in [-0.15, -0.1) is 0 Å². The van der Waals surface area contributed by atoms with E-state index in [0.29, 0.717) is 4.75 Å². The Morgan fingerprint density at radius 1 is 1.38 bits per heavy atom. The molecule has 1 heterocycles. The van der Waals surface area contributed by atoms with Gasteiger partial charge < -0.3 is 5.32 Å². The maximum Gasteiger partial charge on any atom is 0.129 e. The summed E-state index contributed by atoms with van der Waals surface area (Å²) < 4.78 is 0.451. The molecule has 88 valence electrons. The number of rotatable bonds is 4. The molecule has 2 rings (SSSR count). The number of nitrogens with one attached hydrogen (secondary N) is 1. The zero-order valence-corrected chi connectivity index (χ0v) is 11.0. The van der Waals surface area contributed by atoms with Crippen LogP contribution in [0, 0.1) is 13.8 Å². The summed E-state index contributed by atoms with van der Waals surface area (Å²) in [5.41, 5.74) is 1.03. The van der Waals surface area contributed by atoms with Crippen molar-refractivity contribution in [2.24, 2.45) is 0 Å². The van der Waals surface area contributed by atoms with Gasteiger partial charge in [0.1, 0.15) is 11.6 Å². The number of anilines is 1. The normalized spacial score (nSPS) is 17.9. The molecule has 1 aliphatic rings. The monoisotopic (exact) mass is 237 g/mol. The van der Waals surface area contributed by atoms with Crippen LogP contribution < -0.4 is 5.32 Å². The number of nitrogens with zero attached hydrogens (tertiary/aromatic N) is 2. The van der Waals surface area contributed by atoms with E-state index < -0.39 is 0 Å². The second-order valence-electron chi connectivity index (χ2n) is 4.54. The van der Waals surface area contributed by atoms with E-state index >= 15 is 0 Å². The maximum absolute atomic E-state index is 4.40. The number of hydrogen-bond acceptors (Lipinski definition) is 4. The molecule has 0 spiro atoms. The van der Waals surface area contributed by atoms with Gasteiger partial charge in [0.05, 0.1) is 0 Å². The smallest absolute Gasteiger partial charge is 0.129 e. The minimum absolute atomic E-state index is 0.451. The fourth-order valence-electron chi connectivity index (χ4n) is 2.08. The van der Waals surface area contributed by atoms with Crippen molar-refractivity contribution in [3.63, 3.8) is 0 Å². The first-order valence-corrected chi connectivity index (χ1v) is 6.97. The molecule has 16 heavy (non-hydrogen) atoms. The van der Waals surface area contributed by atoms with Crippen LogP contribution in [0.4, 0.5) is 5.82 Å². The second-order valence-corrected chi connectivity index (χ2v) is 5.81. The molecule has 1 fully saturated rings. The number of aromatic nitrogens is 2. The van der Waals surface area contributed by atoms with Crippen molar-refractivity contribution in [1.82, 2.24) is 9.97 Å². The van der Waals surface area contributed by atoms with Gasteiger partial charge in [0.2, 0.25) is 0 Å². The van der Waals surface area contributed by atoms with Crippen LogP contribution in [0.15, 0.2) is 6.07 Å². The van der Waals surface area contributed by atoms with Gasteiger partial charge in [0, 0.05) is 23.1 Å². The largest absolute Gasteiger partial charge is 0.369 e. The average Bonchev–Trinajstić information content (AvgIpc) is 2.15. The Morgan fingerprint density at radius 2 is 2.12 bits per heavy atom. The molecule has 1 aliphatic carbocycles. The molecule has 0 aromatic carbocycles. The Kier molecular flexibility index (Phi) is 3.38. The molecule has 0 atom stereocenters. The van der Waals surface area contributed by atoms with Crippen molar-refractivity contribution in [1.29, 1.82) is 0 Å². The van der Waals surface area contributed by atoms with E-state index in [4.69, 9.17) is 0 Å². The molecular weight excluding hydrogens is 218 g/mol. The predicted molar refractivity (Wildman–Crippen MR) is 70.1 cm³/mol. The summed E-state index contributed by atoms with van der Waals surface area (Å²) in [6, 6.07) is 2.01. The summed E-state index contributed by atoms with van der Waals surface area (Å²) in [5.74, 6) is 1.81. The van der Waals surface area contributed by atoms with E-state index in [-0.39, 0.29) is 0 Å². The van der Waals surface area contributed by atoms with Gasteiger partial charge in [-0.1, -0.05) is 6.42 Å². The Bertz CT molecular complexity index is 349. The predicted octanol–water partition coefficient (Wildman–Crippen LogP) is 2.79. The second kappa shape index (κ2) is 4.62. The van der Waals surface area contributed by atoms with Crippen LogP contribution >= 0.6 is 11.8 Å². The summed E-state index contributed by atoms with van der Waals surface area (Å²) in [6.07, 6.45) is 6.22. The summed E-state index contributed by atoms with van der Waals surface area (Å²) in [5, 5.41) is 3.45. The van der Waals surface area contributed by atoms with Crippen molar-refractivity contribution in [3.05, 3.63) is 17.6 Å². The van der Waals surface area contributed by atoms with E-state index in [0.717, 1.165) is 23.9 Å². The van der Waals surface area contributed by atoms with Crippen molar-refractivity contribution in [2.45, 2.75) is 37.9 Å². The zero-order chi connectivity index (χ0) is 11.6. The molecular formula is C12H19N3S. The van der Waals surface area contributed by atoms with E-state index in [2.05, 4.69) is 21.5 Å². The SMILES string of the molecule is CSC1(CNc2cc(C)nc(C)n2)CCC1. The van der Waals surface area contributed by atoms with Crippen LogP contribution in [0.2, 0.25) is 0 Å². The van der Waals surface area contributed by atoms with Crippen LogP contribution in [0.5, 0.6) is 0 Å². The number of aryl methyl sites for hydroxylation is 2. The third kappa shape index (κ3) is 2.48. The van der Waals surface area contributed by atoms with Crippen molar-refractivity contribution in [3.8, 4) is 0 Å². The lowest BCUT2D eigenvalue weighted by Crippen LogP contribution is -2.40. The minimum atomic E-state index is 0.451. The quantitative estimate of drug-likeness (QED) is 0.874. The van der Waals surface area contributed by atoms with Crippen LogP contribution in [0.25, 0.3) is 0 Å². The van der Waals surface area contributed by atoms with E-state index in [1.54, 1.807) is 0 Å². The molecule has 0 unspecified atom stereocenters. The Labute approximate surface area is 101 Å². The number of thioether (sulfide) groups is 1. The zero-order valence-electron chi connectivity index (χ0n) is 10.2. The summed E-state index contributed by atoms with van der Waals surface area (Å²) in [6.45, 7) is 4.96. The van der Waals surface area contributed by atoms with Gasteiger partial charge >= 0.3 is 0 Å². The molecule has 0 saturated heterocycles. The van der Waals surface area contributed by atoms with Gasteiger partial charge in [-0.2, -0.15) is 11.8 Å². The summed E-state index contributed by atoms with van der Waals surface area (Å²) >= 11 is 1.98. The Morgan fingerprint density at radius 3 is 2.62 bits per heavy atom. The summed E-state index contributed by atoms with van der Waals surface area (Å²) in [4.78, 5) is 8.67. The Balaban J connectivity index is 1.98. The van der Waals surface area contributed by atoms with Gasteiger partial charge in [-0.25, -0.2) is 9.97 Å². The van der Waals surface area contributed by atoms with E-state index in [1.807, 2.05) is 31.7 Å². The molecule has 0 radical (unpaired) electrons. The molecule has 0 aliphatic heterocycles. The molecule has 4 heteroatoms. The molecule has 1 N–H and O–H groups in total. The van der Waals surface area contributed by atoms with Crippen LogP contribution in [-0.4, -0.2) is 27.5 Å².